The maximum Gasteiger partial charge on any atom is 0.324 e. The normalized spacial score (nSPS) is 17.4. The number of aromatic nitrogens is 1. The number of allylic oxidation sites excluding steroid dienone is 2. The van der Waals surface area contributed by atoms with E-state index in [4.69, 9.17) is 5.26 Å². The van der Waals surface area contributed by atoms with E-state index in [-0.39, 0.29) is 34.6 Å². The Morgan fingerprint density at radius 3 is 2.47 bits per heavy atom. The highest BCUT2D eigenvalue weighted by Crippen LogP contribution is 2.47. The second-order valence-electron chi connectivity index (χ2n) is 9.98. The van der Waals surface area contributed by atoms with Crippen LogP contribution in [0.2, 0.25) is 0 Å². The number of hydrogen-bond acceptors (Lipinski definition) is 4. The second kappa shape index (κ2) is 11.9. The summed E-state index contributed by atoms with van der Waals surface area (Å²) in [5, 5.41) is 11.8. The summed E-state index contributed by atoms with van der Waals surface area (Å²) in [6, 6.07) is 8.06. The lowest BCUT2D eigenvalue weighted by molar-refractivity contribution is -0.136. The van der Waals surface area contributed by atoms with Crippen LogP contribution < -0.4 is 5.32 Å². The minimum atomic E-state index is -3.29. The highest BCUT2D eigenvalue weighted by Gasteiger charge is 2.38. The van der Waals surface area contributed by atoms with E-state index in [0.717, 1.165) is 53.8 Å². The number of nitriles is 1. The molecule has 2 heterocycles. The van der Waals surface area contributed by atoms with Crippen molar-refractivity contribution in [1.82, 2.24) is 9.88 Å². The molecule has 6 nitrogen and oxygen atoms in total. The molecule has 2 aliphatic rings. The van der Waals surface area contributed by atoms with E-state index in [0.29, 0.717) is 42.8 Å². The summed E-state index contributed by atoms with van der Waals surface area (Å²) in [6.45, 7) is 4.74. The lowest BCUT2D eigenvalue weighted by Gasteiger charge is -2.35. The van der Waals surface area contributed by atoms with Gasteiger partial charge in [0.1, 0.15) is 0 Å². The molecule has 1 saturated heterocycles. The number of piperidine rings is 1. The number of carbonyl (C=O) groups is 2. The van der Waals surface area contributed by atoms with Gasteiger partial charge in [-0.15, -0.1) is 0 Å². The first-order chi connectivity index (χ1) is 18.1. The third-order valence-electron chi connectivity index (χ3n) is 7.60. The minimum Gasteiger partial charge on any atom is -0.342 e. The number of carbonyl (C=O) groups excluding carboxylic acids is 2. The Hall–Kier alpha value is -2.87. The van der Waals surface area contributed by atoms with Crippen LogP contribution in [0, 0.1) is 30.1 Å². The van der Waals surface area contributed by atoms with Crippen molar-refractivity contribution < 1.29 is 18.4 Å². The third-order valence-corrected chi connectivity index (χ3v) is 8.14. The molecule has 2 fully saturated rings. The topological polar surface area (TPSA) is 86.1 Å². The summed E-state index contributed by atoms with van der Waals surface area (Å²) in [5.74, 6) is -0.256. The molecule has 0 bridgehead atoms. The fourth-order valence-corrected chi connectivity index (χ4v) is 6.26. The summed E-state index contributed by atoms with van der Waals surface area (Å²) in [6.07, 6.45) is 8.61. The lowest BCUT2D eigenvalue weighted by Crippen LogP contribution is -2.41. The number of nitrogens with one attached hydrogen (secondary N) is 1. The number of hydrogen-bond donors (Lipinski definition) is 1. The summed E-state index contributed by atoms with van der Waals surface area (Å²) in [7, 11) is 0. The molecule has 1 aromatic carbocycles. The van der Waals surface area contributed by atoms with Crippen LogP contribution in [0.1, 0.15) is 78.2 Å². The Morgan fingerprint density at radius 1 is 1.18 bits per heavy atom. The second-order valence-corrected chi connectivity index (χ2v) is 11.3. The van der Waals surface area contributed by atoms with Crippen LogP contribution in [0.25, 0.3) is 5.57 Å². The van der Waals surface area contributed by atoms with Crippen molar-refractivity contribution in [2.75, 3.05) is 18.4 Å². The Kier molecular flexibility index (Phi) is 8.81. The number of anilines is 1. The molecule has 0 atom stereocenters. The largest absolute Gasteiger partial charge is 0.342 e. The Balaban J connectivity index is 1.62. The highest BCUT2D eigenvalue weighted by atomic mass is 127. The summed E-state index contributed by atoms with van der Waals surface area (Å²) < 4.78 is 27.1. The monoisotopic (exact) mass is 632 g/mol. The molecule has 1 aliphatic carbocycles. The molecule has 9 heteroatoms. The van der Waals surface area contributed by atoms with E-state index in [1.165, 1.54) is 18.3 Å². The maximum absolute atomic E-state index is 15.2. The number of amides is 2. The number of halogens is 3. The van der Waals surface area contributed by atoms with Gasteiger partial charge in [-0.1, -0.05) is 25.0 Å². The summed E-state index contributed by atoms with van der Waals surface area (Å²) in [4.78, 5) is 32.2. The number of alkyl halides is 3. The molecule has 38 heavy (non-hydrogen) atoms. The molecule has 0 unspecified atom stereocenters. The fourth-order valence-electron chi connectivity index (χ4n) is 5.70. The van der Waals surface area contributed by atoms with Gasteiger partial charge in [-0.2, -0.15) is 14.0 Å². The SMILES string of the molecule is C/C=C(\c1c(C)ncc(NC(=O)c2cccc(C#N)c2)c1C(F)(F)I)C1CCN(C(=O)C2CCCC2)CC1. The van der Waals surface area contributed by atoms with Crippen LogP contribution in [0.4, 0.5) is 14.5 Å². The molecule has 200 valence electrons. The quantitative estimate of drug-likeness (QED) is 0.280. The number of aryl methyl sites for hydroxylation is 1. The predicted octanol–water partition coefficient (Wildman–Crippen LogP) is 6.83. The van der Waals surface area contributed by atoms with Crippen molar-refractivity contribution in [1.29, 1.82) is 5.26 Å². The zero-order valence-electron chi connectivity index (χ0n) is 21.6. The van der Waals surface area contributed by atoms with Crippen LogP contribution in [0.5, 0.6) is 0 Å². The van der Waals surface area contributed by atoms with Gasteiger partial charge in [0, 0.05) is 58.4 Å². The van der Waals surface area contributed by atoms with E-state index < -0.39 is 9.84 Å². The molecule has 1 N–H and O–H groups in total. The molecule has 2 amide bonds. The predicted molar refractivity (Wildman–Crippen MR) is 151 cm³/mol. The number of nitrogens with zero attached hydrogens (tertiary/aromatic N) is 3. The fraction of sp³-hybridized carbons (Fsp3) is 0.448. The molecule has 2 aromatic rings. The first-order valence-corrected chi connectivity index (χ1v) is 14.1. The average molecular weight is 632 g/mol. The van der Waals surface area contributed by atoms with E-state index in [9.17, 15) is 9.59 Å². The zero-order chi connectivity index (χ0) is 27.4. The van der Waals surface area contributed by atoms with Crippen LogP contribution in [-0.4, -0.2) is 34.8 Å². The lowest BCUT2D eigenvalue weighted by atomic mass is 9.82. The van der Waals surface area contributed by atoms with Crippen molar-refractivity contribution in [2.24, 2.45) is 11.8 Å². The molecule has 0 spiro atoms. The molecular weight excluding hydrogens is 601 g/mol. The van der Waals surface area contributed by atoms with Crippen molar-refractivity contribution in [3.8, 4) is 6.07 Å². The van der Waals surface area contributed by atoms with Crippen molar-refractivity contribution >= 4 is 45.7 Å². The van der Waals surface area contributed by atoms with Crippen molar-refractivity contribution in [3.05, 3.63) is 64.5 Å². The van der Waals surface area contributed by atoms with E-state index in [1.807, 2.05) is 24.0 Å². The van der Waals surface area contributed by atoms with E-state index >= 15 is 8.78 Å². The van der Waals surface area contributed by atoms with Gasteiger partial charge in [0.2, 0.25) is 5.91 Å². The average Bonchev–Trinajstić information content (AvgIpc) is 3.45. The molecule has 1 saturated carbocycles. The number of pyridine rings is 1. The van der Waals surface area contributed by atoms with Crippen LogP contribution in [-0.2, 0) is 8.72 Å². The van der Waals surface area contributed by atoms with Crippen LogP contribution >= 0.6 is 22.6 Å². The molecular formula is C29H31F2IN4O2. The Labute approximate surface area is 235 Å². The first-order valence-electron chi connectivity index (χ1n) is 13.0. The van der Waals surface area contributed by atoms with Crippen molar-refractivity contribution in [3.63, 3.8) is 0 Å². The van der Waals surface area contributed by atoms with Gasteiger partial charge in [0.15, 0.2) is 0 Å². The third kappa shape index (κ3) is 6.06. The molecule has 4 rings (SSSR count). The summed E-state index contributed by atoms with van der Waals surface area (Å²) in [5.41, 5.74) is 1.71. The van der Waals surface area contributed by atoms with Crippen LogP contribution in [0.3, 0.4) is 0 Å². The molecule has 1 aromatic heterocycles. The Bertz CT molecular complexity index is 1280. The zero-order valence-corrected chi connectivity index (χ0v) is 23.7. The first kappa shape index (κ1) is 28.1. The van der Waals surface area contributed by atoms with Gasteiger partial charge < -0.3 is 10.2 Å². The smallest absolute Gasteiger partial charge is 0.324 e. The molecule has 1 aliphatic heterocycles. The highest BCUT2D eigenvalue weighted by molar-refractivity contribution is 14.1. The standard InChI is InChI=1S/C29H31F2IN4O2/c1-3-23(20-11-13-36(14-12-20)28(38)21-8-4-5-9-21)25-18(2)34-17-24(26(25)29(30,31)32)35-27(37)22-10-6-7-19(15-22)16-33/h3,6-7,10,15,17,20-21H,4-5,8-9,11-14H2,1-2H3,(H,35,37)/b23-3-. The molecule has 0 radical (unpaired) electrons. The number of benzene rings is 1. The van der Waals surface area contributed by atoms with Gasteiger partial charge in [-0.05, 0) is 69.2 Å². The number of rotatable bonds is 6. The van der Waals surface area contributed by atoms with Gasteiger partial charge in [-0.25, -0.2) is 0 Å². The van der Waals surface area contributed by atoms with Gasteiger partial charge in [0.05, 0.1) is 29.1 Å². The number of likely N-dealkylation sites (tertiary alicyclic amines) is 1. The minimum absolute atomic E-state index is 0.0103. The van der Waals surface area contributed by atoms with Crippen molar-refractivity contribution in [2.45, 2.75) is 56.3 Å². The van der Waals surface area contributed by atoms with Gasteiger partial charge in [-0.3, -0.25) is 14.6 Å². The van der Waals surface area contributed by atoms with E-state index in [1.54, 1.807) is 19.1 Å². The maximum atomic E-state index is 15.2. The summed E-state index contributed by atoms with van der Waals surface area (Å²) >= 11 is 1.10. The van der Waals surface area contributed by atoms with E-state index in [2.05, 4.69) is 10.3 Å². The Morgan fingerprint density at radius 2 is 1.87 bits per heavy atom. The van der Waals surface area contributed by atoms with Crippen LogP contribution in [0.15, 0.2) is 36.5 Å². The van der Waals surface area contributed by atoms with Gasteiger partial charge >= 0.3 is 3.93 Å². The van der Waals surface area contributed by atoms with Gasteiger partial charge in [0.25, 0.3) is 5.91 Å².